The van der Waals surface area contributed by atoms with Crippen molar-refractivity contribution < 1.29 is 4.79 Å². The molecule has 1 N–H and O–H groups in total. The van der Waals surface area contributed by atoms with Crippen molar-refractivity contribution in [1.29, 1.82) is 0 Å². The van der Waals surface area contributed by atoms with Crippen molar-refractivity contribution in [2.24, 2.45) is 0 Å². The molecule has 0 aliphatic heterocycles. The van der Waals surface area contributed by atoms with Crippen LogP contribution >= 0.6 is 0 Å². The molecule has 1 heterocycles. The van der Waals surface area contributed by atoms with Crippen LogP contribution in [0.15, 0.2) is 36.5 Å². The molecule has 1 amide bonds. The summed E-state index contributed by atoms with van der Waals surface area (Å²) in [7, 11) is 0. The SMILES string of the molecule is CCC(=O)Nc1ccnn1Cc1cccc(C)c1. The van der Waals surface area contributed by atoms with Crippen LogP contribution < -0.4 is 5.32 Å². The molecule has 0 saturated carbocycles. The molecule has 0 aliphatic carbocycles. The molecular weight excluding hydrogens is 226 g/mol. The molecule has 2 rings (SSSR count). The number of nitrogens with zero attached hydrogens (tertiary/aromatic N) is 2. The topological polar surface area (TPSA) is 46.9 Å². The Labute approximate surface area is 107 Å². The minimum absolute atomic E-state index is 0.000919. The Bertz CT molecular complexity index is 545. The van der Waals surface area contributed by atoms with E-state index in [4.69, 9.17) is 0 Å². The van der Waals surface area contributed by atoms with Crippen LogP contribution in [0, 0.1) is 6.92 Å². The zero-order chi connectivity index (χ0) is 13.0. The highest BCUT2D eigenvalue weighted by atomic mass is 16.1. The Kier molecular flexibility index (Phi) is 3.77. The Hall–Kier alpha value is -2.10. The van der Waals surface area contributed by atoms with Crippen molar-refractivity contribution in [3.8, 4) is 0 Å². The second-order valence-electron chi connectivity index (χ2n) is 4.26. The van der Waals surface area contributed by atoms with Gasteiger partial charge in [0.1, 0.15) is 5.82 Å². The fraction of sp³-hybridized carbons (Fsp3) is 0.286. The van der Waals surface area contributed by atoms with E-state index in [1.807, 2.05) is 19.1 Å². The molecule has 18 heavy (non-hydrogen) atoms. The van der Waals surface area contributed by atoms with E-state index in [0.29, 0.717) is 13.0 Å². The molecule has 2 aromatic rings. The number of nitrogens with one attached hydrogen (secondary N) is 1. The maximum Gasteiger partial charge on any atom is 0.225 e. The normalized spacial score (nSPS) is 10.3. The first-order valence-electron chi connectivity index (χ1n) is 6.06. The van der Waals surface area contributed by atoms with Crippen molar-refractivity contribution in [2.75, 3.05) is 5.32 Å². The van der Waals surface area contributed by atoms with Crippen molar-refractivity contribution in [1.82, 2.24) is 9.78 Å². The minimum Gasteiger partial charge on any atom is -0.311 e. The number of hydrogen-bond donors (Lipinski definition) is 1. The highest BCUT2D eigenvalue weighted by Gasteiger charge is 2.06. The molecule has 0 radical (unpaired) electrons. The zero-order valence-corrected chi connectivity index (χ0v) is 10.7. The Morgan fingerprint density at radius 2 is 2.22 bits per heavy atom. The molecule has 0 fully saturated rings. The second-order valence-corrected chi connectivity index (χ2v) is 4.26. The molecule has 1 aromatic heterocycles. The number of aryl methyl sites for hydroxylation is 1. The second kappa shape index (κ2) is 5.49. The van der Waals surface area contributed by atoms with Gasteiger partial charge in [-0.15, -0.1) is 0 Å². The summed E-state index contributed by atoms with van der Waals surface area (Å²) >= 11 is 0. The third-order valence-corrected chi connectivity index (χ3v) is 2.72. The zero-order valence-electron chi connectivity index (χ0n) is 10.7. The highest BCUT2D eigenvalue weighted by molar-refractivity contribution is 5.89. The first-order valence-corrected chi connectivity index (χ1v) is 6.06. The average Bonchev–Trinajstić information content (AvgIpc) is 2.76. The first-order chi connectivity index (χ1) is 8.69. The number of aromatic nitrogens is 2. The maximum absolute atomic E-state index is 11.4. The summed E-state index contributed by atoms with van der Waals surface area (Å²) in [6.07, 6.45) is 2.16. The van der Waals surface area contributed by atoms with Crippen molar-refractivity contribution in [3.63, 3.8) is 0 Å². The van der Waals surface area contributed by atoms with Crippen LogP contribution in [0.25, 0.3) is 0 Å². The lowest BCUT2D eigenvalue weighted by atomic mass is 10.1. The van der Waals surface area contributed by atoms with Crippen LogP contribution in [0.5, 0.6) is 0 Å². The Balaban J connectivity index is 2.15. The van der Waals surface area contributed by atoms with Gasteiger partial charge in [0.05, 0.1) is 12.7 Å². The van der Waals surface area contributed by atoms with Crippen LogP contribution in [0.1, 0.15) is 24.5 Å². The van der Waals surface area contributed by atoms with E-state index >= 15 is 0 Å². The van der Waals surface area contributed by atoms with Crippen LogP contribution in [-0.2, 0) is 11.3 Å². The summed E-state index contributed by atoms with van der Waals surface area (Å²) in [6.45, 7) is 4.55. The van der Waals surface area contributed by atoms with Gasteiger partial charge in [0.15, 0.2) is 0 Å². The molecule has 94 valence electrons. The smallest absolute Gasteiger partial charge is 0.225 e. The van der Waals surface area contributed by atoms with E-state index in [2.05, 4.69) is 35.5 Å². The third kappa shape index (κ3) is 2.97. The van der Waals surface area contributed by atoms with Crippen LogP contribution in [0.2, 0.25) is 0 Å². The largest absolute Gasteiger partial charge is 0.311 e. The molecule has 0 spiro atoms. The van der Waals surface area contributed by atoms with Crippen molar-refractivity contribution in [2.45, 2.75) is 26.8 Å². The van der Waals surface area contributed by atoms with E-state index in [0.717, 1.165) is 5.82 Å². The van der Waals surface area contributed by atoms with E-state index in [9.17, 15) is 4.79 Å². The molecule has 0 bridgehead atoms. The molecule has 0 unspecified atom stereocenters. The van der Waals surface area contributed by atoms with Gasteiger partial charge in [-0.3, -0.25) is 4.79 Å². The molecule has 0 atom stereocenters. The van der Waals surface area contributed by atoms with Gasteiger partial charge < -0.3 is 5.32 Å². The van der Waals surface area contributed by atoms with Gasteiger partial charge >= 0.3 is 0 Å². The van der Waals surface area contributed by atoms with Crippen molar-refractivity contribution in [3.05, 3.63) is 47.7 Å². The number of hydrogen-bond acceptors (Lipinski definition) is 2. The van der Waals surface area contributed by atoms with Crippen LogP contribution in [0.3, 0.4) is 0 Å². The summed E-state index contributed by atoms with van der Waals surface area (Å²) < 4.78 is 1.79. The molecule has 4 nitrogen and oxygen atoms in total. The van der Waals surface area contributed by atoms with E-state index in [1.165, 1.54) is 11.1 Å². The van der Waals surface area contributed by atoms with Crippen LogP contribution in [-0.4, -0.2) is 15.7 Å². The molecule has 1 aromatic carbocycles. The van der Waals surface area contributed by atoms with E-state index in [-0.39, 0.29) is 5.91 Å². The molecule has 0 saturated heterocycles. The van der Waals surface area contributed by atoms with Gasteiger partial charge in [-0.2, -0.15) is 5.10 Å². The van der Waals surface area contributed by atoms with E-state index in [1.54, 1.807) is 10.9 Å². The van der Waals surface area contributed by atoms with Gasteiger partial charge in [0.2, 0.25) is 5.91 Å². The van der Waals surface area contributed by atoms with Gasteiger partial charge in [0.25, 0.3) is 0 Å². The van der Waals surface area contributed by atoms with Gasteiger partial charge in [-0.05, 0) is 12.5 Å². The molecule has 0 aliphatic rings. The number of rotatable bonds is 4. The predicted molar refractivity (Wildman–Crippen MR) is 71.4 cm³/mol. The van der Waals surface area contributed by atoms with Gasteiger partial charge in [-0.1, -0.05) is 36.8 Å². The molecule has 4 heteroatoms. The maximum atomic E-state index is 11.4. The number of amides is 1. The fourth-order valence-corrected chi connectivity index (χ4v) is 1.78. The summed E-state index contributed by atoms with van der Waals surface area (Å²) in [5.41, 5.74) is 2.39. The number of carbonyl (C=O) groups is 1. The van der Waals surface area contributed by atoms with Crippen LogP contribution in [0.4, 0.5) is 5.82 Å². The van der Waals surface area contributed by atoms with Gasteiger partial charge in [-0.25, -0.2) is 4.68 Å². The quantitative estimate of drug-likeness (QED) is 0.897. The monoisotopic (exact) mass is 243 g/mol. The highest BCUT2D eigenvalue weighted by Crippen LogP contribution is 2.11. The molecular formula is C14H17N3O. The minimum atomic E-state index is 0.000919. The summed E-state index contributed by atoms with van der Waals surface area (Å²) in [4.78, 5) is 11.4. The standard InChI is InChI=1S/C14H17N3O/c1-3-14(18)16-13-7-8-15-17(13)10-12-6-4-5-11(2)9-12/h4-9H,3,10H2,1-2H3,(H,16,18). The van der Waals surface area contributed by atoms with Crippen molar-refractivity contribution >= 4 is 11.7 Å². The number of anilines is 1. The number of carbonyl (C=O) groups excluding carboxylic acids is 1. The van der Waals surface area contributed by atoms with Gasteiger partial charge in [0, 0.05) is 12.5 Å². The first kappa shape index (κ1) is 12.4. The summed E-state index contributed by atoms with van der Waals surface area (Å²) in [6, 6.07) is 10.1. The Morgan fingerprint density at radius 3 is 2.94 bits per heavy atom. The third-order valence-electron chi connectivity index (χ3n) is 2.72. The lowest BCUT2D eigenvalue weighted by molar-refractivity contribution is -0.115. The van der Waals surface area contributed by atoms with E-state index < -0.39 is 0 Å². The lowest BCUT2D eigenvalue weighted by Gasteiger charge is -2.08. The Morgan fingerprint density at radius 1 is 1.39 bits per heavy atom. The summed E-state index contributed by atoms with van der Waals surface area (Å²) in [5, 5.41) is 7.07. The lowest BCUT2D eigenvalue weighted by Crippen LogP contribution is -2.14. The predicted octanol–water partition coefficient (Wildman–Crippen LogP) is 2.59. The average molecular weight is 243 g/mol. The number of benzene rings is 1. The summed E-state index contributed by atoms with van der Waals surface area (Å²) in [5.74, 6) is 0.740. The fourth-order valence-electron chi connectivity index (χ4n) is 1.78.